The second-order valence-corrected chi connectivity index (χ2v) is 10.3. The molecule has 2 fully saturated rings. The first-order chi connectivity index (χ1) is 17.9. The fraction of sp³-hybridized carbons (Fsp3) is 0.467. The van der Waals surface area contributed by atoms with Gasteiger partial charge in [0.05, 0.1) is 5.69 Å². The normalized spacial score (nSPS) is 16.4. The summed E-state index contributed by atoms with van der Waals surface area (Å²) in [6, 6.07) is 15.8. The Bertz CT molecular complexity index is 1220. The minimum atomic E-state index is -0.190. The van der Waals surface area contributed by atoms with Crippen molar-refractivity contribution in [2.45, 2.75) is 45.1 Å². The van der Waals surface area contributed by atoms with Gasteiger partial charge in [-0.25, -0.2) is 9.79 Å². The Morgan fingerprint density at radius 1 is 1.00 bits per heavy atom. The van der Waals surface area contributed by atoms with E-state index in [0.29, 0.717) is 17.6 Å². The monoisotopic (exact) mass is 503 g/mol. The summed E-state index contributed by atoms with van der Waals surface area (Å²) in [5.74, 6) is 0.557. The van der Waals surface area contributed by atoms with Gasteiger partial charge in [-0.05, 0) is 94.7 Å². The molecular weight excluding hydrogens is 462 g/mol. The van der Waals surface area contributed by atoms with E-state index in [-0.39, 0.29) is 5.69 Å². The summed E-state index contributed by atoms with van der Waals surface area (Å²) in [5, 5.41) is 0. The number of aromatic nitrogens is 2. The van der Waals surface area contributed by atoms with Gasteiger partial charge in [-0.2, -0.15) is 0 Å². The van der Waals surface area contributed by atoms with Gasteiger partial charge in [0, 0.05) is 50.6 Å². The van der Waals surface area contributed by atoms with Gasteiger partial charge in [0.1, 0.15) is 0 Å². The molecule has 5 rings (SSSR count). The third-order valence-electron chi connectivity index (χ3n) is 7.57. The smallest absolute Gasteiger partial charge is 0.327 e. The molecule has 0 amide bonds. The van der Waals surface area contributed by atoms with Gasteiger partial charge in [0.25, 0.3) is 0 Å². The maximum atomic E-state index is 12.1. The zero-order valence-electron chi connectivity index (χ0n) is 22.8. The highest BCUT2D eigenvalue weighted by Gasteiger charge is 2.21. The van der Waals surface area contributed by atoms with Crippen molar-refractivity contribution in [3.8, 4) is 22.4 Å². The number of imidazole rings is 1. The number of piperidine rings is 1. The Kier molecular flexibility index (Phi) is 9.00. The van der Waals surface area contributed by atoms with Crippen LogP contribution >= 0.6 is 0 Å². The lowest BCUT2D eigenvalue weighted by Crippen LogP contribution is -2.41. The Hall–Kier alpha value is -3.16. The number of hydrogen-bond acceptors (Lipinski definition) is 5. The molecule has 198 valence electrons. The van der Waals surface area contributed by atoms with Crippen molar-refractivity contribution in [1.29, 1.82) is 0 Å². The lowest BCUT2D eigenvalue weighted by atomic mass is 9.97. The molecule has 2 aromatic carbocycles. The number of aromatic amines is 1. The Balaban J connectivity index is 0.000000469. The average molecular weight is 504 g/mol. The fourth-order valence-corrected chi connectivity index (χ4v) is 5.15. The molecule has 7 nitrogen and oxygen atoms in total. The van der Waals surface area contributed by atoms with Crippen molar-refractivity contribution in [3.05, 3.63) is 58.5 Å². The van der Waals surface area contributed by atoms with Crippen LogP contribution in [0.5, 0.6) is 0 Å². The van der Waals surface area contributed by atoms with Crippen molar-refractivity contribution in [2.75, 3.05) is 45.3 Å². The topological polar surface area (TPSA) is 65.9 Å². The molecule has 2 aliphatic rings. The molecule has 3 heterocycles. The van der Waals surface area contributed by atoms with Crippen molar-refractivity contribution in [1.82, 2.24) is 14.5 Å². The van der Waals surface area contributed by atoms with E-state index in [4.69, 9.17) is 4.74 Å². The van der Waals surface area contributed by atoms with Crippen LogP contribution in [0, 0.1) is 6.92 Å². The third kappa shape index (κ3) is 6.40. The van der Waals surface area contributed by atoms with E-state index < -0.39 is 0 Å². The van der Waals surface area contributed by atoms with Gasteiger partial charge in [0.15, 0.2) is 5.82 Å². The molecule has 0 spiro atoms. The summed E-state index contributed by atoms with van der Waals surface area (Å²) in [6.45, 7) is 9.86. The van der Waals surface area contributed by atoms with Crippen LogP contribution in [0.25, 0.3) is 22.4 Å². The molecule has 0 aliphatic carbocycles. The van der Waals surface area contributed by atoms with Crippen LogP contribution < -0.4 is 10.6 Å². The van der Waals surface area contributed by atoms with Gasteiger partial charge in [0.2, 0.25) is 0 Å². The zero-order valence-corrected chi connectivity index (χ0v) is 22.8. The number of aliphatic imine (C=N–C) groups is 1. The molecule has 2 aliphatic heterocycles. The molecule has 2 saturated heterocycles. The van der Waals surface area contributed by atoms with Crippen molar-refractivity contribution < 1.29 is 4.74 Å². The standard InChI is InChI=1S/C25H31N5O.C5H10O/c1-17-6-7-19(16-22(17)23-24(26-2)29(5)25(31)27-23)18-8-10-21(11-9-18)30-14-12-20(13-15-30)28(3)4;1-2-4-6-5-3-1/h6-11,16,20H,2,12-15H2,1,3-5H3,(H,27,31);1-5H2. The van der Waals surface area contributed by atoms with E-state index >= 15 is 0 Å². The highest BCUT2D eigenvalue weighted by molar-refractivity contribution is 5.79. The number of nitrogens with one attached hydrogen (secondary N) is 1. The molecule has 1 aromatic heterocycles. The second-order valence-electron chi connectivity index (χ2n) is 10.3. The fourth-order valence-electron chi connectivity index (χ4n) is 5.15. The van der Waals surface area contributed by atoms with Gasteiger partial charge in [-0.3, -0.25) is 4.57 Å². The first-order valence-electron chi connectivity index (χ1n) is 13.4. The summed E-state index contributed by atoms with van der Waals surface area (Å²) in [4.78, 5) is 23.9. The van der Waals surface area contributed by atoms with E-state index in [0.717, 1.165) is 48.6 Å². The molecule has 0 radical (unpaired) electrons. The summed E-state index contributed by atoms with van der Waals surface area (Å²) >= 11 is 0. The van der Waals surface area contributed by atoms with E-state index in [1.165, 1.54) is 42.4 Å². The minimum absolute atomic E-state index is 0.190. The van der Waals surface area contributed by atoms with Gasteiger partial charge in [-0.15, -0.1) is 0 Å². The molecule has 0 unspecified atom stereocenters. The molecule has 37 heavy (non-hydrogen) atoms. The number of anilines is 1. The number of aryl methyl sites for hydroxylation is 1. The van der Waals surface area contributed by atoms with Crippen LogP contribution in [0.3, 0.4) is 0 Å². The minimum Gasteiger partial charge on any atom is -0.381 e. The molecule has 7 heteroatoms. The molecule has 3 aromatic rings. The third-order valence-corrected chi connectivity index (χ3v) is 7.57. The number of rotatable bonds is 5. The Morgan fingerprint density at radius 2 is 1.65 bits per heavy atom. The SMILES string of the molecule is C1CCOCC1.C=Nc1c(-c2cc(-c3ccc(N4CCC(N(C)C)CC4)cc3)ccc2C)[nH]c(=O)n1C. The maximum absolute atomic E-state index is 12.1. The van der Waals surface area contributed by atoms with E-state index in [1.54, 1.807) is 7.05 Å². The van der Waals surface area contributed by atoms with Crippen LogP contribution in [0.1, 0.15) is 37.7 Å². The lowest BCUT2D eigenvalue weighted by Gasteiger charge is -2.36. The number of hydrogen-bond donors (Lipinski definition) is 1. The van der Waals surface area contributed by atoms with Crippen molar-refractivity contribution in [2.24, 2.45) is 12.0 Å². The number of H-pyrrole nitrogens is 1. The second kappa shape index (κ2) is 12.4. The largest absolute Gasteiger partial charge is 0.381 e. The number of benzene rings is 2. The van der Waals surface area contributed by atoms with Gasteiger partial charge in [-0.1, -0.05) is 24.3 Å². The Morgan fingerprint density at radius 3 is 2.19 bits per heavy atom. The summed E-state index contributed by atoms with van der Waals surface area (Å²) in [7, 11) is 6.04. The van der Waals surface area contributed by atoms with E-state index in [2.05, 4.69) is 83.1 Å². The molecule has 0 bridgehead atoms. The highest BCUT2D eigenvalue weighted by Crippen LogP contribution is 2.33. The zero-order chi connectivity index (χ0) is 26.4. The quantitative estimate of drug-likeness (QED) is 0.473. The summed E-state index contributed by atoms with van der Waals surface area (Å²) < 4.78 is 6.56. The first kappa shape index (κ1) is 26.9. The molecule has 0 atom stereocenters. The first-order valence-corrected chi connectivity index (χ1v) is 13.4. The Labute approximate surface area is 220 Å². The molecule has 0 saturated carbocycles. The van der Waals surface area contributed by atoms with E-state index in [9.17, 15) is 4.79 Å². The molecular formula is C30H41N5O2. The maximum Gasteiger partial charge on any atom is 0.327 e. The summed E-state index contributed by atoms with van der Waals surface area (Å²) in [5.41, 5.74) is 6.10. The number of ether oxygens (including phenoxy) is 1. The summed E-state index contributed by atoms with van der Waals surface area (Å²) in [6.07, 6.45) is 6.33. The predicted octanol–water partition coefficient (Wildman–Crippen LogP) is 5.41. The average Bonchev–Trinajstić information content (AvgIpc) is 3.23. The van der Waals surface area contributed by atoms with Crippen LogP contribution in [-0.4, -0.2) is 67.6 Å². The van der Waals surface area contributed by atoms with Crippen LogP contribution in [0.2, 0.25) is 0 Å². The number of nitrogens with zero attached hydrogens (tertiary/aromatic N) is 4. The van der Waals surface area contributed by atoms with Crippen molar-refractivity contribution in [3.63, 3.8) is 0 Å². The van der Waals surface area contributed by atoms with Crippen molar-refractivity contribution >= 4 is 18.2 Å². The van der Waals surface area contributed by atoms with Crippen LogP contribution in [0.15, 0.2) is 52.3 Å². The van der Waals surface area contributed by atoms with Gasteiger partial charge >= 0.3 is 5.69 Å². The van der Waals surface area contributed by atoms with E-state index in [1.807, 2.05) is 6.92 Å². The van der Waals surface area contributed by atoms with Crippen LogP contribution in [0.4, 0.5) is 11.5 Å². The highest BCUT2D eigenvalue weighted by atomic mass is 16.5. The predicted molar refractivity (Wildman–Crippen MR) is 154 cm³/mol. The molecule has 1 N–H and O–H groups in total. The van der Waals surface area contributed by atoms with Gasteiger partial charge < -0.3 is 19.5 Å². The lowest BCUT2D eigenvalue weighted by molar-refractivity contribution is 0.0968. The van der Waals surface area contributed by atoms with Crippen LogP contribution in [-0.2, 0) is 11.8 Å².